The minimum Gasteiger partial charge on any atom is -0.387 e. The first-order valence-corrected chi connectivity index (χ1v) is 12.2. The molecule has 1 aliphatic heterocycles. The Hall–Kier alpha value is -2.48. The monoisotopic (exact) mass is 475 g/mol. The molecule has 33 heavy (non-hydrogen) atoms. The van der Waals surface area contributed by atoms with Crippen LogP contribution in [0.4, 0.5) is 0 Å². The summed E-state index contributed by atoms with van der Waals surface area (Å²) in [7, 11) is -4.21. The Morgan fingerprint density at radius 1 is 1.12 bits per heavy atom. The minimum absolute atomic E-state index is 0.457. The molecule has 0 radical (unpaired) electrons. The number of aromatic nitrogens is 4. The third-order valence-electron chi connectivity index (χ3n) is 6.37. The summed E-state index contributed by atoms with van der Waals surface area (Å²) in [6, 6.07) is 8.51. The fourth-order valence-corrected chi connectivity index (χ4v) is 5.05. The lowest BCUT2D eigenvalue weighted by atomic mass is 9.98. The minimum atomic E-state index is -4.21. The maximum atomic E-state index is 11.0. The molecule has 0 saturated carbocycles. The number of aryl methyl sites for hydroxylation is 1. The van der Waals surface area contributed by atoms with Crippen molar-refractivity contribution in [2.45, 2.75) is 50.2 Å². The summed E-state index contributed by atoms with van der Waals surface area (Å²) in [5.74, 6) is 0.546. The quantitative estimate of drug-likeness (QED) is 0.427. The van der Waals surface area contributed by atoms with Crippen molar-refractivity contribution in [1.29, 1.82) is 0 Å². The number of hydrogen-bond acceptors (Lipinski definition) is 9. The van der Waals surface area contributed by atoms with Crippen LogP contribution in [0.5, 0.6) is 0 Å². The number of rotatable bonds is 7. The average Bonchev–Trinajstić information content (AvgIpc) is 3.47. The average molecular weight is 476 g/mol. The van der Waals surface area contributed by atoms with Gasteiger partial charge < -0.3 is 14.9 Å². The standard InChI is InChI=1S/C21H25N5O6S/c22-33(29,30)31-9-16-18(27)19(28)21(32-16)26-11-25-17-15(23-10-24-20(17)26)6-5-12-7-13-3-1-2-4-14(13)8-12/h1-4,10-12,16,18-19,21,27-28H,5-9H2,(H2,22,29,30)/t16-,18-,19-,21-/m1/s1. The number of hydrogen-bond donors (Lipinski definition) is 3. The van der Waals surface area contributed by atoms with Crippen LogP contribution in [0.15, 0.2) is 36.9 Å². The van der Waals surface area contributed by atoms with Crippen LogP contribution >= 0.6 is 0 Å². The summed E-state index contributed by atoms with van der Waals surface area (Å²) in [5, 5.41) is 25.6. The Balaban J connectivity index is 1.31. The van der Waals surface area contributed by atoms with Crippen LogP contribution in [0.3, 0.4) is 0 Å². The van der Waals surface area contributed by atoms with Gasteiger partial charge in [0.15, 0.2) is 11.9 Å². The highest BCUT2D eigenvalue weighted by Crippen LogP contribution is 2.33. The molecule has 4 atom stereocenters. The number of aliphatic hydroxyl groups is 2. The van der Waals surface area contributed by atoms with E-state index in [4.69, 9.17) is 9.88 Å². The first kappa shape index (κ1) is 22.3. The van der Waals surface area contributed by atoms with Gasteiger partial charge in [0.25, 0.3) is 0 Å². The molecule has 11 nitrogen and oxygen atoms in total. The van der Waals surface area contributed by atoms with E-state index in [1.54, 1.807) is 0 Å². The van der Waals surface area contributed by atoms with Crippen LogP contribution in [0.1, 0.15) is 29.5 Å². The number of benzene rings is 1. The van der Waals surface area contributed by atoms with E-state index in [1.165, 1.54) is 28.3 Å². The van der Waals surface area contributed by atoms with Crippen molar-refractivity contribution in [3.8, 4) is 0 Å². The topological polar surface area (TPSA) is 163 Å². The lowest BCUT2D eigenvalue weighted by Crippen LogP contribution is -2.35. The summed E-state index contributed by atoms with van der Waals surface area (Å²) in [6.07, 6.45) is 1.89. The Bertz CT molecular complexity index is 1240. The SMILES string of the molecule is NS(=O)(=O)OC[C@H]1O[C@@H](n2cnc3c(CCC4Cc5ccccc5C4)ncnc32)[C@H](O)[C@@H]1O. The smallest absolute Gasteiger partial charge is 0.333 e. The number of fused-ring (bicyclic) bond motifs is 2. The molecule has 2 aliphatic rings. The summed E-state index contributed by atoms with van der Waals surface area (Å²) in [6.45, 7) is -0.524. The molecule has 5 rings (SSSR count). The highest BCUT2D eigenvalue weighted by Gasteiger charge is 2.45. The van der Waals surface area contributed by atoms with Crippen LogP contribution in [0.25, 0.3) is 11.2 Å². The van der Waals surface area contributed by atoms with Gasteiger partial charge in [-0.05, 0) is 42.7 Å². The van der Waals surface area contributed by atoms with E-state index >= 15 is 0 Å². The van der Waals surface area contributed by atoms with Crippen LogP contribution < -0.4 is 5.14 Å². The summed E-state index contributed by atoms with van der Waals surface area (Å²) >= 11 is 0. The molecular weight excluding hydrogens is 450 g/mol. The van der Waals surface area contributed by atoms with E-state index in [2.05, 4.69) is 43.4 Å². The van der Waals surface area contributed by atoms with Gasteiger partial charge in [0.2, 0.25) is 0 Å². The lowest BCUT2D eigenvalue weighted by Gasteiger charge is -2.16. The van der Waals surface area contributed by atoms with Crippen molar-refractivity contribution in [3.63, 3.8) is 0 Å². The van der Waals surface area contributed by atoms with Crippen LogP contribution in [0, 0.1) is 5.92 Å². The van der Waals surface area contributed by atoms with E-state index < -0.39 is 41.5 Å². The van der Waals surface area contributed by atoms with Crippen LogP contribution in [-0.4, -0.2) is 63.1 Å². The van der Waals surface area contributed by atoms with E-state index in [-0.39, 0.29) is 0 Å². The van der Waals surface area contributed by atoms with Gasteiger partial charge in [-0.25, -0.2) is 20.1 Å². The number of ether oxygens (including phenoxy) is 1. The second-order valence-electron chi connectivity index (χ2n) is 8.55. The first-order chi connectivity index (χ1) is 15.8. The van der Waals surface area contributed by atoms with Gasteiger partial charge in [-0.3, -0.25) is 8.75 Å². The van der Waals surface area contributed by atoms with E-state index in [0.29, 0.717) is 17.1 Å². The van der Waals surface area contributed by atoms with E-state index in [9.17, 15) is 18.6 Å². The van der Waals surface area contributed by atoms with Gasteiger partial charge in [0.1, 0.15) is 30.2 Å². The predicted octanol–water partition coefficient (Wildman–Crippen LogP) is 0.0132. The molecule has 3 aromatic rings. The Kier molecular flexibility index (Phi) is 5.89. The van der Waals surface area contributed by atoms with Crippen molar-refractivity contribution in [3.05, 3.63) is 53.7 Å². The first-order valence-electron chi connectivity index (χ1n) is 10.7. The zero-order valence-corrected chi connectivity index (χ0v) is 18.5. The molecule has 1 aliphatic carbocycles. The predicted molar refractivity (Wildman–Crippen MR) is 116 cm³/mol. The molecule has 1 aromatic carbocycles. The molecular formula is C21H25N5O6S. The molecule has 1 fully saturated rings. The van der Waals surface area contributed by atoms with Crippen LogP contribution in [-0.2, 0) is 38.5 Å². The van der Waals surface area contributed by atoms with Gasteiger partial charge in [-0.2, -0.15) is 8.42 Å². The van der Waals surface area contributed by atoms with Crippen molar-refractivity contribution >= 4 is 21.5 Å². The van der Waals surface area contributed by atoms with Crippen molar-refractivity contribution in [2.75, 3.05) is 6.61 Å². The molecule has 0 spiro atoms. The number of nitrogens with zero attached hydrogens (tertiary/aromatic N) is 4. The second kappa shape index (κ2) is 8.70. The van der Waals surface area contributed by atoms with Crippen LogP contribution in [0.2, 0.25) is 0 Å². The largest absolute Gasteiger partial charge is 0.387 e. The zero-order chi connectivity index (χ0) is 23.2. The number of nitrogens with two attached hydrogens (primary N) is 1. The fraction of sp³-hybridized carbons (Fsp3) is 0.476. The van der Waals surface area contributed by atoms with E-state index in [1.807, 2.05) is 0 Å². The second-order valence-corrected chi connectivity index (χ2v) is 9.77. The molecule has 0 bridgehead atoms. The van der Waals surface area contributed by atoms with Gasteiger partial charge in [-0.15, -0.1) is 0 Å². The highest BCUT2D eigenvalue weighted by atomic mass is 32.2. The van der Waals surface area contributed by atoms with Gasteiger partial charge in [0.05, 0.1) is 18.6 Å². The molecule has 4 N–H and O–H groups in total. The van der Waals surface area contributed by atoms with Crippen molar-refractivity contribution < 1.29 is 27.6 Å². The van der Waals surface area contributed by atoms with Gasteiger partial charge in [-0.1, -0.05) is 24.3 Å². The third kappa shape index (κ3) is 4.50. The van der Waals surface area contributed by atoms with Gasteiger partial charge >= 0.3 is 10.3 Å². The normalized spacial score (nSPS) is 25.7. The Labute approximate surface area is 190 Å². The molecule has 0 unspecified atom stereocenters. The molecule has 176 valence electrons. The maximum absolute atomic E-state index is 11.0. The fourth-order valence-electron chi connectivity index (χ4n) is 4.72. The van der Waals surface area contributed by atoms with Gasteiger partial charge in [0, 0.05) is 0 Å². The Morgan fingerprint density at radius 3 is 2.55 bits per heavy atom. The van der Waals surface area contributed by atoms with Crippen molar-refractivity contribution in [2.24, 2.45) is 11.1 Å². The molecule has 3 heterocycles. The maximum Gasteiger partial charge on any atom is 0.333 e. The molecule has 1 saturated heterocycles. The van der Waals surface area contributed by atoms with E-state index in [0.717, 1.165) is 31.4 Å². The highest BCUT2D eigenvalue weighted by molar-refractivity contribution is 7.84. The molecule has 0 amide bonds. The number of imidazole rings is 1. The zero-order valence-electron chi connectivity index (χ0n) is 17.7. The molecule has 12 heteroatoms. The third-order valence-corrected chi connectivity index (χ3v) is 6.83. The summed E-state index contributed by atoms with van der Waals surface area (Å²) in [5.41, 5.74) is 4.68. The lowest BCUT2D eigenvalue weighted by molar-refractivity contribution is -0.0467. The molecule has 2 aromatic heterocycles. The summed E-state index contributed by atoms with van der Waals surface area (Å²) < 4.78 is 33.8. The summed E-state index contributed by atoms with van der Waals surface area (Å²) in [4.78, 5) is 13.2. The van der Waals surface area contributed by atoms with Crippen molar-refractivity contribution in [1.82, 2.24) is 19.5 Å². The number of aliphatic hydroxyl groups excluding tert-OH is 2. The Morgan fingerprint density at radius 2 is 1.85 bits per heavy atom.